The summed E-state index contributed by atoms with van der Waals surface area (Å²) in [6.07, 6.45) is 7.50. The molecule has 0 aromatic carbocycles. The molecule has 0 bridgehead atoms. The zero-order valence-electron chi connectivity index (χ0n) is 7.43. The van der Waals surface area contributed by atoms with Crippen molar-refractivity contribution < 1.29 is 0 Å². The largest absolute Gasteiger partial charge is 0.118 e. The Balaban J connectivity index is 3.46. The fraction of sp³-hybridized carbons (Fsp3) is 0.875. The second-order valence-electron chi connectivity index (χ2n) is 3.79. The van der Waals surface area contributed by atoms with Gasteiger partial charge in [0.25, 0.3) is 0 Å². The van der Waals surface area contributed by atoms with Crippen LogP contribution in [-0.4, -0.2) is 33.6 Å². The van der Waals surface area contributed by atoms with Crippen molar-refractivity contribution in [3.8, 4) is 0 Å². The van der Waals surface area contributed by atoms with Crippen LogP contribution >= 0.6 is 6.89 Å². The molecule has 2 radical (unpaired) electrons. The molecule has 0 aliphatic heterocycles. The first-order chi connectivity index (χ1) is 4.45. The first-order valence-corrected chi connectivity index (χ1v) is 6.88. The third kappa shape index (κ3) is 6.48. The van der Waals surface area contributed by atoms with Gasteiger partial charge in [-0.3, -0.25) is 0 Å². The molecule has 1 atom stereocenters. The normalized spacial score (nSPS) is 15.1. The highest BCUT2D eigenvalue weighted by molar-refractivity contribution is 7.72. The van der Waals surface area contributed by atoms with Crippen LogP contribution < -0.4 is 0 Å². The summed E-state index contributed by atoms with van der Waals surface area (Å²) in [6.45, 7) is 5.96. The van der Waals surface area contributed by atoms with Crippen LogP contribution in [0.15, 0.2) is 0 Å². The zero-order chi connectivity index (χ0) is 8.20. The van der Waals surface area contributed by atoms with Crippen LogP contribution in [0, 0.1) is 5.92 Å². The fourth-order valence-corrected chi connectivity index (χ4v) is 1.83. The van der Waals surface area contributed by atoms with Gasteiger partial charge in [0, 0.05) is 0 Å². The van der Waals surface area contributed by atoms with E-state index in [0.29, 0.717) is 5.92 Å². The molecule has 0 aromatic rings. The van der Waals surface area contributed by atoms with E-state index in [1.807, 2.05) is 0 Å². The molecule has 0 amide bonds. The molecule has 0 saturated carbocycles. The first kappa shape index (κ1) is 10.4. The summed E-state index contributed by atoms with van der Waals surface area (Å²) >= 11 is 0. The topological polar surface area (TPSA) is 0 Å². The van der Waals surface area contributed by atoms with Crippen LogP contribution in [0.5, 0.6) is 0 Å². The van der Waals surface area contributed by atoms with Crippen LogP contribution in [-0.2, 0) is 0 Å². The lowest BCUT2D eigenvalue weighted by Crippen LogP contribution is -1.97. The lowest BCUT2D eigenvalue weighted by molar-refractivity contribution is 0.629. The predicted octanol–water partition coefficient (Wildman–Crippen LogP) is 2.31. The molecule has 2 heteroatoms. The summed E-state index contributed by atoms with van der Waals surface area (Å²) < 4.78 is 0. The minimum Gasteiger partial charge on any atom is -0.118 e. The van der Waals surface area contributed by atoms with Gasteiger partial charge in [-0.25, -0.2) is 0 Å². The second-order valence-corrected chi connectivity index (χ2v) is 8.11. The molecule has 1 unspecified atom stereocenters. The molecule has 0 N–H and O–H groups in total. The minimum atomic E-state index is -0.788. The van der Waals surface area contributed by atoms with Crippen LogP contribution in [0.2, 0.25) is 6.32 Å². The summed E-state index contributed by atoms with van der Waals surface area (Å²) in [4.78, 5) is 0. The Hall–Kier alpha value is 0.365. The van der Waals surface area contributed by atoms with E-state index in [1.54, 1.807) is 0 Å². The average Bonchev–Trinajstić information content (AvgIpc) is 1.81. The maximum atomic E-state index is 5.49. The second kappa shape index (κ2) is 4.29. The molecule has 0 aromatic heterocycles. The average molecular weight is 156 g/mol. The number of hydrogen-bond donors (Lipinski definition) is 0. The highest BCUT2D eigenvalue weighted by atomic mass is 31.2. The molecule has 0 aliphatic carbocycles. The van der Waals surface area contributed by atoms with Gasteiger partial charge < -0.3 is 0 Å². The third-order valence-electron chi connectivity index (χ3n) is 1.63. The predicted molar refractivity (Wildman–Crippen MR) is 55.1 cm³/mol. The van der Waals surface area contributed by atoms with Crippen LogP contribution in [0.25, 0.3) is 0 Å². The Labute approximate surface area is 66.8 Å². The lowest BCUT2D eigenvalue weighted by Gasteiger charge is -2.15. The molecule has 0 aliphatic rings. The van der Waals surface area contributed by atoms with Gasteiger partial charge in [-0.05, 0) is 25.9 Å². The van der Waals surface area contributed by atoms with Crippen LogP contribution in [0.4, 0.5) is 0 Å². The van der Waals surface area contributed by atoms with Crippen LogP contribution in [0.1, 0.15) is 13.3 Å². The highest BCUT2D eigenvalue weighted by Crippen LogP contribution is 2.36. The van der Waals surface area contributed by atoms with E-state index in [2.05, 4.69) is 26.6 Å². The van der Waals surface area contributed by atoms with Gasteiger partial charge in [0.1, 0.15) is 0 Å². The van der Waals surface area contributed by atoms with Gasteiger partial charge in [0.2, 0.25) is 0 Å². The molecule has 10 heavy (non-hydrogen) atoms. The summed E-state index contributed by atoms with van der Waals surface area (Å²) in [5.74, 6) is 0.682. The molecule has 0 nitrogen and oxygen atoms in total. The van der Waals surface area contributed by atoms with Crippen molar-refractivity contribution in [2.75, 3.05) is 19.5 Å². The Kier molecular flexibility index (Phi) is 4.44. The van der Waals surface area contributed by atoms with Crippen molar-refractivity contribution in [1.82, 2.24) is 0 Å². The van der Waals surface area contributed by atoms with Gasteiger partial charge in [0.05, 0.1) is 7.85 Å². The summed E-state index contributed by atoms with van der Waals surface area (Å²) in [6, 6.07) is 0. The molecular formula is C8H18BP. The molecule has 0 rings (SSSR count). The Bertz CT molecular complexity index is 125. The van der Waals surface area contributed by atoms with Crippen molar-refractivity contribution in [3.05, 3.63) is 0 Å². The molecular weight excluding hydrogens is 138 g/mol. The lowest BCUT2D eigenvalue weighted by atomic mass is 9.91. The molecule has 58 valence electrons. The zero-order valence-corrected chi connectivity index (χ0v) is 8.32. The van der Waals surface area contributed by atoms with Crippen molar-refractivity contribution in [1.29, 1.82) is 0 Å². The first-order valence-electron chi connectivity index (χ1n) is 3.83. The van der Waals surface area contributed by atoms with Crippen molar-refractivity contribution in [2.45, 2.75) is 19.7 Å². The third-order valence-corrected chi connectivity index (χ3v) is 3.10. The maximum Gasteiger partial charge on any atom is 0.0656 e. The summed E-state index contributed by atoms with van der Waals surface area (Å²) in [5.41, 5.74) is 0. The summed E-state index contributed by atoms with van der Waals surface area (Å²) in [7, 11) is 5.49. The standard InChI is InChI=1S/C8H18BP/c1-8(7-9)5-6-10(2,3)4/h8H,2,5-7H2,1,3-4H3. The van der Waals surface area contributed by atoms with Crippen molar-refractivity contribution in [3.63, 3.8) is 0 Å². The number of rotatable bonds is 4. The van der Waals surface area contributed by atoms with Crippen molar-refractivity contribution in [2.24, 2.45) is 5.92 Å². The van der Waals surface area contributed by atoms with Crippen LogP contribution in [0.3, 0.4) is 0 Å². The van der Waals surface area contributed by atoms with E-state index in [1.165, 1.54) is 12.6 Å². The minimum absolute atomic E-state index is 0.682. The monoisotopic (exact) mass is 156 g/mol. The quantitative estimate of drug-likeness (QED) is 0.432. The number of hydrogen-bond acceptors (Lipinski definition) is 0. The van der Waals surface area contributed by atoms with E-state index in [9.17, 15) is 0 Å². The van der Waals surface area contributed by atoms with Crippen molar-refractivity contribution >= 4 is 21.0 Å². The fourth-order valence-electron chi connectivity index (χ4n) is 0.688. The molecule has 0 saturated heterocycles. The maximum absolute atomic E-state index is 5.49. The SMILES string of the molecule is [B]CC(C)CCP(=C)(C)C. The van der Waals surface area contributed by atoms with Gasteiger partial charge >= 0.3 is 0 Å². The molecule has 0 spiro atoms. The van der Waals surface area contributed by atoms with Gasteiger partial charge in [-0.15, -0.1) is 13.2 Å². The Morgan fingerprint density at radius 1 is 1.50 bits per heavy atom. The molecule has 0 heterocycles. The Morgan fingerprint density at radius 3 is 2.30 bits per heavy atom. The van der Waals surface area contributed by atoms with E-state index < -0.39 is 6.89 Å². The van der Waals surface area contributed by atoms with Gasteiger partial charge in [-0.1, -0.05) is 19.2 Å². The van der Waals surface area contributed by atoms with E-state index >= 15 is 0 Å². The van der Waals surface area contributed by atoms with E-state index in [0.717, 1.165) is 6.32 Å². The van der Waals surface area contributed by atoms with E-state index in [-0.39, 0.29) is 0 Å². The van der Waals surface area contributed by atoms with Gasteiger partial charge in [-0.2, -0.15) is 0 Å². The smallest absolute Gasteiger partial charge is 0.0656 e. The molecule has 0 fully saturated rings. The Morgan fingerprint density at radius 2 is 2.00 bits per heavy atom. The summed E-state index contributed by atoms with van der Waals surface area (Å²) in [5, 5.41) is 0. The highest BCUT2D eigenvalue weighted by Gasteiger charge is 2.02. The van der Waals surface area contributed by atoms with E-state index in [4.69, 9.17) is 7.85 Å². The van der Waals surface area contributed by atoms with Gasteiger partial charge in [0.15, 0.2) is 0 Å².